The van der Waals surface area contributed by atoms with E-state index in [1.54, 1.807) is 4.90 Å². The summed E-state index contributed by atoms with van der Waals surface area (Å²) >= 11 is 3.39. The first-order valence-electron chi connectivity index (χ1n) is 7.76. The highest BCUT2D eigenvalue weighted by Crippen LogP contribution is 2.21. The molecule has 0 aliphatic carbocycles. The maximum atomic E-state index is 12.9. The number of carbonyl (C=O) groups excluding carboxylic acids is 1. The Morgan fingerprint density at radius 1 is 1.08 bits per heavy atom. The minimum absolute atomic E-state index is 0.108. The van der Waals surface area contributed by atoms with Gasteiger partial charge in [0.05, 0.1) is 12.7 Å². The number of carboxylic acid groups (broad SMARTS) is 1. The predicted octanol–water partition coefficient (Wildman–Crippen LogP) is 2.97. The molecule has 1 heterocycles. The Morgan fingerprint density at radius 2 is 1.77 bits per heavy atom. The van der Waals surface area contributed by atoms with Gasteiger partial charge in [-0.1, -0.05) is 51.5 Å². The third-order valence-corrected chi connectivity index (χ3v) is 4.21. The molecule has 0 saturated carbocycles. The molecule has 0 fully saturated rings. The van der Waals surface area contributed by atoms with Crippen LogP contribution in [0.15, 0.2) is 65.3 Å². The van der Waals surface area contributed by atoms with E-state index in [1.807, 2.05) is 54.6 Å². The first-order chi connectivity index (χ1) is 12.5. The maximum Gasteiger partial charge on any atom is 0.358 e. The van der Waals surface area contributed by atoms with Gasteiger partial charge in [-0.3, -0.25) is 4.79 Å². The summed E-state index contributed by atoms with van der Waals surface area (Å²) in [4.78, 5) is 25.4. The van der Waals surface area contributed by atoms with Gasteiger partial charge in [0.25, 0.3) is 0 Å². The molecular weight excluding hydrogens is 400 g/mol. The second kappa shape index (κ2) is 7.92. The molecule has 1 amide bonds. The number of amides is 1. The Balaban J connectivity index is 1.84. The van der Waals surface area contributed by atoms with Crippen LogP contribution < -0.4 is 4.90 Å². The van der Waals surface area contributed by atoms with Gasteiger partial charge in [-0.15, -0.1) is 5.10 Å². The van der Waals surface area contributed by atoms with Crippen LogP contribution in [0.1, 0.15) is 16.1 Å². The van der Waals surface area contributed by atoms with Gasteiger partial charge in [0.15, 0.2) is 5.69 Å². The Labute approximate surface area is 158 Å². The molecule has 0 aliphatic heterocycles. The average molecular weight is 415 g/mol. The SMILES string of the molecule is O=C(O)c1cn(CC(=O)N(Cc2ccccc2)c2ccc(Br)cc2)nn1. The van der Waals surface area contributed by atoms with E-state index >= 15 is 0 Å². The molecule has 0 unspecified atom stereocenters. The van der Waals surface area contributed by atoms with Crippen molar-refractivity contribution in [2.75, 3.05) is 4.90 Å². The van der Waals surface area contributed by atoms with Crippen molar-refractivity contribution in [1.82, 2.24) is 15.0 Å². The van der Waals surface area contributed by atoms with Crippen molar-refractivity contribution >= 4 is 33.5 Å². The molecule has 8 heteroatoms. The van der Waals surface area contributed by atoms with Gasteiger partial charge in [-0.2, -0.15) is 0 Å². The van der Waals surface area contributed by atoms with Crippen LogP contribution in [0.5, 0.6) is 0 Å². The van der Waals surface area contributed by atoms with Crippen molar-refractivity contribution in [3.8, 4) is 0 Å². The summed E-state index contributed by atoms with van der Waals surface area (Å²) in [5.41, 5.74) is 1.52. The Kier molecular flexibility index (Phi) is 5.43. The van der Waals surface area contributed by atoms with E-state index in [0.29, 0.717) is 6.54 Å². The van der Waals surface area contributed by atoms with Crippen molar-refractivity contribution in [3.05, 3.63) is 76.5 Å². The first kappa shape index (κ1) is 17.8. The van der Waals surface area contributed by atoms with Gasteiger partial charge in [0.2, 0.25) is 5.91 Å². The summed E-state index contributed by atoms with van der Waals surface area (Å²) in [6.45, 7) is 0.283. The van der Waals surface area contributed by atoms with E-state index in [-0.39, 0.29) is 18.1 Å². The molecule has 0 radical (unpaired) electrons. The van der Waals surface area contributed by atoms with Crippen LogP contribution in [0.4, 0.5) is 5.69 Å². The Bertz CT molecular complexity index is 910. The third-order valence-electron chi connectivity index (χ3n) is 3.68. The zero-order chi connectivity index (χ0) is 18.5. The molecule has 26 heavy (non-hydrogen) atoms. The number of carboxylic acids is 1. The fourth-order valence-corrected chi connectivity index (χ4v) is 2.67. The molecule has 0 aliphatic rings. The minimum atomic E-state index is -1.18. The second-order valence-electron chi connectivity index (χ2n) is 5.55. The number of anilines is 1. The number of halogens is 1. The van der Waals surface area contributed by atoms with E-state index in [2.05, 4.69) is 26.2 Å². The lowest BCUT2D eigenvalue weighted by molar-refractivity contribution is -0.119. The highest BCUT2D eigenvalue weighted by atomic mass is 79.9. The zero-order valence-electron chi connectivity index (χ0n) is 13.6. The van der Waals surface area contributed by atoms with Gasteiger partial charge in [0.1, 0.15) is 6.54 Å². The lowest BCUT2D eigenvalue weighted by Crippen LogP contribution is -2.33. The highest BCUT2D eigenvalue weighted by Gasteiger charge is 2.18. The van der Waals surface area contributed by atoms with Crippen molar-refractivity contribution in [2.24, 2.45) is 0 Å². The standard InChI is InChI=1S/C18H15BrN4O3/c19-14-6-8-15(9-7-14)23(10-13-4-2-1-3-5-13)17(24)12-22-11-16(18(25)26)20-21-22/h1-9,11H,10,12H2,(H,25,26). The fraction of sp³-hybridized carbons (Fsp3) is 0.111. The zero-order valence-corrected chi connectivity index (χ0v) is 15.2. The van der Waals surface area contributed by atoms with Gasteiger partial charge < -0.3 is 10.0 Å². The van der Waals surface area contributed by atoms with Crippen LogP contribution in [0, 0.1) is 0 Å². The monoisotopic (exact) mass is 414 g/mol. The molecule has 132 valence electrons. The van der Waals surface area contributed by atoms with Crippen molar-refractivity contribution in [3.63, 3.8) is 0 Å². The van der Waals surface area contributed by atoms with Gasteiger partial charge in [-0.25, -0.2) is 9.48 Å². The topological polar surface area (TPSA) is 88.3 Å². The number of hydrogen-bond donors (Lipinski definition) is 1. The maximum absolute atomic E-state index is 12.9. The molecule has 7 nitrogen and oxygen atoms in total. The molecule has 1 N–H and O–H groups in total. The molecule has 0 atom stereocenters. The fourth-order valence-electron chi connectivity index (χ4n) is 2.41. The van der Waals surface area contributed by atoms with E-state index in [4.69, 9.17) is 5.11 Å². The van der Waals surface area contributed by atoms with Crippen LogP contribution in [-0.4, -0.2) is 32.0 Å². The molecule has 0 spiro atoms. The number of aromatic carboxylic acids is 1. The third kappa shape index (κ3) is 4.34. The summed E-state index contributed by atoms with van der Waals surface area (Å²) < 4.78 is 2.14. The summed E-state index contributed by atoms with van der Waals surface area (Å²) in [5.74, 6) is -1.41. The summed E-state index contributed by atoms with van der Waals surface area (Å²) in [6.07, 6.45) is 1.24. The highest BCUT2D eigenvalue weighted by molar-refractivity contribution is 9.10. The van der Waals surface area contributed by atoms with E-state index < -0.39 is 5.97 Å². The molecule has 1 aromatic heterocycles. The van der Waals surface area contributed by atoms with Crippen molar-refractivity contribution in [2.45, 2.75) is 13.1 Å². The number of aromatic nitrogens is 3. The summed E-state index contributed by atoms with van der Waals surface area (Å²) in [5, 5.41) is 16.2. The summed E-state index contributed by atoms with van der Waals surface area (Å²) in [7, 11) is 0. The summed E-state index contributed by atoms with van der Waals surface area (Å²) in [6, 6.07) is 17.0. The van der Waals surface area contributed by atoms with Crippen LogP contribution in [0.25, 0.3) is 0 Å². The molecule has 3 rings (SSSR count). The van der Waals surface area contributed by atoms with E-state index in [1.165, 1.54) is 10.9 Å². The number of nitrogens with zero attached hydrogens (tertiary/aromatic N) is 4. The normalized spacial score (nSPS) is 10.5. The Morgan fingerprint density at radius 3 is 2.38 bits per heavy atom. The average Bonchev–Trinajstić information content (AvgIpc) is 3.10. The van der Waals surface area contributed by atoms with E-state index in [9.17, 15) is 9.59 Å². The second-order valence-corrected chi connectivity index (χ2v) is 6.46. The van der Waals surface area contributed by atoms with Gasteiger partial charge >= 0.3 is 5.97 Å². The first-order valence-corrected chi connectivity index (χ1v) is 8.55. The Hall–Kier alpha value is -3.00. The molecule has 0 saturated heterocycles. The molecule has 2 aromatic carbocycles. The lowest BCUT2D eigenvalue weighted by atomic mass is 10.2. The quantitative estimate of drug-likeness (QED) is 0.669. The largest absolute Gasteiger partial charge is 0.476 e. The number of rotatable bonds is 6. The van der Waals surface area contributed by atoms with E-state index in [0.717, 1.165) is 15.7 Å². The molecule has 3 aromatic rings. The lowest BCUT2D eigenvalue weighted by Gasteiger charge is -2.23. The minimum Gasteiger partial charge on any atom is -0.476 e. The number of benzene rings is 2. The number of carbonyl (C=O) groups is 2. The van der Waals surface area contributed by atoms with Crippen molar-refractivity contribution < 1.29 is 14.7 Å². The van der Waals surface area contributed by atoms with Crippen molar-refractivity contribution in [1.29, 1.82) is 0 Å². The van der Waals surface area contributed by atoms with Crippen LogP contribution in [0.3, 0.4) is 0 Å². The molecule has 0 bridgehead atoms. The van der Waals surface area contributed by atoms with Crippen LogP contribution >= 0.6 is 15.9 Å². The predicted molar refractivity (Wildman–Crippen MR) is 98.8 cm³/mol. The smallest absolute Gasteiger partial charge is 0.358 e. The van der Waals surface area contributed by atoms with Crippen LogP contribution in [-0.2, 0) is 17.9 Å². The molecular formula is C18H15BrN4O3. The number of hydrogen-bond acceptors (Lipinski definition) is 4. The van der Waals surface area contributed by atoms with Gasteiger partial charge in [0, 0.05) is 10.2 Å². The van der Waals surface area contributed by atoms with Crippen LogP contribution in [0.2, 0.25) is 0 Å². The van der Waals surface area contributed by atoms with Gasteiger partial charge in [-0.05, 0) is 29.8 Å².